The number of benzene rings is 1. The van der Waals surface area contributed by atoms with Gasteiger partial charge in [0.1, 0.15) is 0 Å². The van der Waals surface area contributed by atoms with E-state index in [9.17, 15) is 18.3 Å². The van der Waals surface area contributed by atoms with E-state index in [1.54, 1.807) is 0 Å². The fourth-order valence-corrected chi connectivity index (χ4v) is 3.85. The van der Waals surface area contributed by atoms with Gasteiger partial charge in [-0.25, -0.2) is 0 Å². The van der Waals surface area contributed by atoms with Gasteiger partial charge < -0.3 is 5.11 Å². The lowest BCUT2D eigenvalue weighted by Crippen LogP contribution is -2.19. The van der Waals surface area contributed by atoms with Gasteiger partial charge in [0.25, 0.3) is 0 Å². The smallest absolute Gasteiger partial charge is 0.386 e. The molecule has 1 aromatic rings. The van der Waals surface area contributed by atoms with Gasteiger partial charge in [-0.2, -0.15) is 13.2 Å². The average Bonchev–Trinajstić information content (AvgIpc) is 2.90. The summed E-state index contributed by atoms with van der Waals surface area (Å²) in [7, 11) is 0. The second-order valence-electron chi connectivity index (χ2n) is 9.82. The molecule has 0 amide bonds. The average molecular weight is 563 g/mol. The van der Waals surface area contributed by atoms with Gasteiger partial charge >= 0.3 is 6.18 Å². The van der Waals surface area contributed by atoms with Crippen molar-refractivity contribution in [3.63, 3.8) is 0 Å². The third-order valence-corrected chi connectivity index (χ3v) is 6.65. The molecule has 1 fully saturated rings. The highest BCUT2D eigenvalue weighted by molar-refractivity contribution is 6.15. The summed E-state index contributed by atoms with van der Waals surface area (Å²) in [5, 5.41) is 9.61. The maximum absolute atomic E-state index is 10.4. The van der Waals surface area contributed by atoms with Crippen molar-refractivity contribution in [2.75, 3.05) is 6.38 Å². The lowest BCUT2D eigenvalue weighted by Gasteiger charge is -2.27. The Morgan fingerprint density at radius 1 is 0.974 bits per heavy atom. The zero-order chi connectivity index (χ0) is 30.3. The van der Waals surface area contributed by atoms with Gasteiger partial charge in [0, 0.05) is 13.3 Å². The molecule has 0 bridgehead atoms. The lowest BCUT2D eigenvalue weighted by molar-refractivity contribution is -0.110. The highest BCUT2D eigenvalue weighted by Crippen LogP contribution is 2.32. The number of alkyl halides is 4. The van der Waals surface area contributed by atoms with Crippen molar-refractivity contribution < 1.29 is 18.3 Å². The van der Waals surface area contributed by atoms with Crippen LogP contribution in [0, 0.1) is 18.8 Å². The van der Waals surface area contributed by atoms with Crippen molar-refractivity contribution in [3.05, 3.63) is 58.7 Å². The van der Waals surface area contributed by atoms with E-state index >= 15 is 0 Å². The number of hydrogen-bond acceptors (Lipinski definition) is 1. The Balaban J connectivity index is -0.000000519. The van der Waals surface area contributed by atoms with Crippen molar-refractivity contribution in [2.24, 2.45) is 11.8 Å². The van der Waals surface area contributed by atoms with Crippen molar-refractivity contribution in [3.8, 4) is 0 Å². The first-order valence-corrected chi connectivity index (χ1v) is 15.1. The van der Waals surface area contributed by atoms with Crippen molar-refractivity contribution in [2.45, 2.75) is 132 Å². The van der Waals surface area contributed by atoms with Crippen LogP contribution in [0.25, 0.3) is 0 Å². The summed E-state index contributed by atoms with van der Waals surface area (Å²) in [6, 6.07) is 8.82. The molecule has 1 aliphatic carbocycles. The predicted molar refractivity (Wildman–Crippen MR) is 164 cm³/mol. The molecule has 2 unspecified atom stereocenters. The second kappa shape index (κ2) is 24.8. The third-order valence-electron chi connectivity index (χ3n) is 6.65. The third kappa shape index (κ3) is 22.7. The SMILES string of the molecule is CC.CC(F)(F)F.CC/C=C(\C=C(\C)C(C)CC)C1CCC(O)CC1.CCC(C)c1ccc(C)cc1.CCl. The molecule has 1 aliphatic rings. The van der Waals surface area contributed by atoms with Crippen LogP contribution in [0.4, 0.5) is 13.2 Å². The predicted octanol–water partition coefficient (Wildman–Crippen LogP) is 11.8. The Bertz CT molecular complexity index is 709. The normalized spacial score (nSPS) is 19.1. The standard InChI is InChI=1S/C17H30O.C11H16.C2H3F3.C2H6.CH3Cl/c1-5-7-16(12-14(4)13(3)6-2)15-8-10-17(18)11-9-15;1-4-10(3)11-7-5-9(2)6-8-11;1-2(3,4)5;2*1-2/h7,12-13,15,17-18H,5-6,8-11H2,1-4H3;5-8,10H,4H2,1-3H3;1H3;1-2H3;1H3/b14-12-,16-7+;;;;. The van der Waals surface area contributed by atoms with Crippen LogP contribution in [0.15, 0.2) is 47.6 Å². The van der Waals surface area contributed by atoms with Gasteiger partial charge in [-0.05, 0) is 87.7 Å². The molecule has 1 saturated carbocycles. The fraction of sp³-hybridized carbons (Fsp3) is 0.697. The summed E-state index contributed by atoms with van der Waals surface area (Å²) in [5.41, 5.74) is 5.82. The monoisotopic (exact) mass is 562 g/mol. The molecule has 224 valence electrons. The molecule has 0 spiro atoms. The van der Waals surface area contributed by atoms with Gasteiger partial charge in [0.05, 0.1) is 6.10 Å². The quantitative estimate of drug-likeness (QED) is 0.259. The van der Waals surface area contributed by atoms with Crippen molar-refractivity contribution >= 4 is 11.6 Å². The van der Waals surface area contributed by atoms with E-state index in [1.807, 2.05) is 13.8 Å². The topological polar surface area (TPSA) is 20.2 Å². The molecule has 0 aliphatic heterocycles. The molecule has 38 heavy (non-hydrogen) atoms. The number of halogens is 4. The Morgan fingerprint density at radius 2 is 1.42 bits per heavy atom. The van der Waals surface area contributed by atoms with Crippen LogP contribution in [0.3, 0.4) is 0 Å². The van der Waals surface area contributed by atoms with E-state index in [0.717, 1.165) is 32.1 Å². The van der Waals surface area contributed by atoms with Gasteiger partial charge in [-0.15, -0.1) is 11.6 Å². The number of aryl methyl sites for hydroxylation is 1. The van der Waals surface area contributed by atoms with Gasteiger partial charge in [0.2, 0.25) is 0 Å². The maximum Gasteiger partial charge on any atom is 0.386 e. The minimum atomic E-state index is -4.00. The lowest BCUT2D eigenvalue weighted by atomic mass is 9.81. The number of aliphatic hydroxyl groups excluding tert-OH is 1. The summed E-state index contributed by atoms with van der Waals surface area (Å²) in [5.74, 6) is 2.06. The molecule has 2 rings (SSSR count). The number of allylic oxidation sites excluding steroid dienone is 4. The zero-order valence-electron chi connectivity index (χ0n) is 26.2. The number of rotatable bonds is 7. The van der Waals surface area contributed by atoms with Crippen LogP contribution >= 0.6 is 11.6 Å². The number of aliphatic hydroxyl groups is 1. The minimum absolute atomic E-state index is 0.0521. The Morgan fingerprint density at radius 3 is 1.79 bits per heavy atom. The highest BCUT2D eigenvalue weighted by Gasteiger charge is 2.21. The summed E-state index contributed by atoms with van der Waals surface area (Å²) >= 11 is 4.64. The molecular weight excluding hydrogens is 505 g/mol. The maximum atomic E-state index is 10.4. The molecule has 1 aromatic carbocycles. The molecule has 0 heterocycles. The first kappa shape index (κ1) is 41.2. The molecule has 2 atom stereocenters. The van der Waals surface area contributed by atoms with Crippen molar-refractivity contribution in [1.29, 1.82) is 0 Å². The van der Waals surface area contributed by atoms with E-state index in [0.29, 0.717) is 17.8 Å². The fourth-order valence-electron chi connectivity index (χ4n) is 3.85. The summed E-state index contributed by atoms with van der Waals surface area (Å²) in [6.45, 7) is 19.8. The number of hydrogen-bond donors (Lipinski definition) is 1. The van der Waals surface area contributed by atoms with Gasteiger partial charge in [0.15, 0.2) is 0 Å². The molecule has 0 aromatic heterocycles. The first-order chi connectivity index (χ1) is 17.8. The van der Waals surface area contributed by atoms with E-state index in [-0.39, 0.29) is 13.0 Å². The molecule has 1 nitrogen and oxygen atoms in total. The van der Waals surface area contributed by atoms with E-state index in [4.69, 9.17) is 0 Å². The molecule has 0 radical (unpaired) electrons. The summed E-state index contributed by atoms with van der Waals surface area (Å²) in [4.78, 5) is 0. The van der Waals surface area contributed by atoms with Crippen molar-refractivity contribution in [1.82, 2.24) is 0 Å². The first-order valence-electron chi connectivity index (χ1n) is 14.4. The van der Waals surface area contributed by atoms with Crippen LogP contribution in [0.1, 0.15) is 124 Å². The van der Waals surface area contributed by atoms with Crippen LogP contribution in [-0.2, 0) is 0 Å². The minimum Gasteiger partial charge on any atom is -0.393 e. The van der Waals surface area contributed by atoms with Crippen LogP contribution in [0.5, 0.6) is 0 Å². The Hall–Kier alpha value is -1.26. The Labute approximate surface area is 239 Å². The molecular formula is C33H58ClF3O. The summed E-state index contributed by atoms with van der Waals surface area (Å²) in [6.07, 6.45) is 10.0. The van der Waals surface area contributed by atoms with Crippen LogP contribution in [0.2, 0.25) is 0 Å². The van der Waals surface area contributed by atoms with Crippen LogP contribution in [-0.4, -0.2) is 23.8 Å². The largest absolute Gasteiger partial charge is 0.393 e. The van der Waals surface area contributed by atoms with Gasteiger partial charge in [-0.1, -0.05) is 96.0 Å². The molecule has 1 N–H and O–H groups in total. The van der Waals surface area contributed by atoms with E-state index in [1.165, 1.54) is 41.5 Å². The summed E-state index contributed by atoms with van der Waals surface area (Å²) < 4.78 is 31.1. The zero-order valence-corrected chi connectivity index (χ0v) is 26.9. The Kier molecular flexibility index (Phi) is 26.9. The van der Waals surface area contributed by atoms with E-state index in [2.05, 4.69) is 96.5 Å². The van der Waals surface area contributed by atoms with Gasteiger partial charge in [-0.3, -0.25) is 0 Å². The molecule has 5 heteroatoms. The molecule has 0 saturated heterocycles. The van der Waals surface area contributed by atoms with Crippen LogP contribution < -0.4 is 0 Å². The highest BCUT2D eigenvalue weighted by atomic mass is 35.5. The van der Waals surface area contributed by atoms with E-state index < -0.39 is 6.18 Å². The second-order valence-corrected chi connectivity index (χ2v) is 9.82.